The molecular weight excluding hydrogens is 168 g/mol. The maximum atomic E-state index is 4.17. The highest BCUT2D eigenvalue weighted by molar-refractivity contribution is 5.23. The molecule has 2 rings (SSSR count). The van der Waals surface area contributed by atoms with Crippen LogP contribution in [0.25, 0.3) is 0 Å². The first-order valence-corrected chi connectivity index (χ1v) is 5.75. The molecule has 0 N–H and O–H groups in total. The van der Waals surface area contributed by atoms with Crippen LogP contribution in [0.5, 0.6) is 0 Å². The Bertz CT molecular complexity index is 266. The first-order chi connectivity index (χ1) is 6.45. The molecule has 2 aliphatic carbocycles. The summed E-state index contributed by atoms with van der Waals surface area (Å²) in [5, 5.41) is 0. The Morgan fingerprint density at radius 2 is 2.00 bits per heavy atom. The van der Waals surface area contributed by atoms with Gasteiger partial charge in [-0.1, -0.05) is 39.0 Å². The molecular formula is C14H22. The molecule has 0 radical (unpaired) electrons. The highest BCUT2D eigenvalue weighted by Gasteiger charge is 2.52. The summed E-state index contributed by atoms with van der Waals surface area (Å²) >= 11 is 0. The van der Waals surface area contributed by atoms with E-state index in [0.717, 1.165) is 17.8 Å². The van der Waals surface area contributed by atoms with Crippen molar-refractivity contribution in [2.24, 2.45) is 29.1 Å². The molecule has 0 heterocycles. The molecule has 0 heteroatoms. The Morgan fingerprint density at radius 3 is 2.36 bits per heavy atom. The number of hydrogen-bond donors (Lipinski definition) is 0. The van der Waals surface area contributed by atoms with Crippen molar-refractivity contribution in [1.29, 1.82) is 0 Å². The van der Waals surface area contributed by atoms with Crippen molar-refractivity contribution in [2.45, 2.75) is 33.6 Å². The van der Waals surface area contributed by atoms with E-state index in [2.05, 4.69) is 40.0 Å². The van der Waals surface area contributed by atoms with E-state index in [0.29, 0.717) is 11.3 Å². The van der Waals surface area contributed by atoms with Crippen LogP contribution >= 0.6 is 0 Å². The van der Waals surface area contributed by atoms with Gasteiger partial charge in [-0.2, -0.15) is 0 Å². The average molecular weight is 190 g/mol. The first kappa shape index (κ1) is 10.0. The van der Waals surface area contributed by atoms with Crippen LogP contribution in [0.3, 0.4) is 0 Å². The Morgan fingerprint density at radius 1 is 1.36 bits per heavy atom. The standard InChI is InChI=1S/C14H22/c1-6-10-8-12(14(3,4)5)11-7-9(2)13(10)11/h6,10-13H,1-2,7-8H2,3-5H3. The lowest BCUT2D eigenvalue weighted by atomic mass is 9.62. The molecule has 2 fully saturated rings. The molecule has 2 saturated carbocycles. The van der Waals surface area contributed by atoms with Gasteiger partial charge >= 0.3 is 0 Å². The van der Waals surface area contributed by atoms with Crippen LogP contribution < -0.4 is 0 Å². The average Bonchev–Trinajstić information content (AvgIpc) is 2.36. The molecule has 0 amide bonds. The predicted octanol–water partition coefficient (Wildman–Crippen LogP) is 4.05. The minimum atomic E-state index is 0.460. The summed E-state index contributed by atoms with van der Waals surface area (Å²) in [5.41, 5.74) is 1.94. The fourth-order valence-electron chi connectivity index (χ4n) is 3.57. The highest BCUT2D eigenvalue weighted by Crippen LogP contribution is 2.60. The van der Waals surface area contributed by atoms with E-state index in [9.17, 15) is 0 Å². The summed E-state index contributed by atoms with van der Waals surface area (Å²) in [6.45, 7) is 15.3. The third-order valence-electron chi connectivity index (χ3n) is 4.35. The van der Waals surface area contributed by atoms with Crippen molar-refractivity contribution in [3.05, 3.63) is 24.8 Å². The monoisotopic (exact) mass is 190 g/mol. The van der Waals surface area contributed by atoms with Gasteiger partial charge in [0, 0.05) is 0 Å². The van der Waals surface area contributed by atoms with Gasteiger partial charge in [-0.25, -0.2) is 0 Å². The van der Waals surface area contributed by atoms with Crippen LogP contribution in [0.1, 0.15) is 33.6 Å². The van der Waals surface area contributed by atoms with E-state index in [4.69, 9.17) is 0 Å². The van der Waals surface area contributed by atoms with Crippen LogP contribution in [0.15, 0.2) is 24.8 Å². The Hall–Kier alpha value is -0.520. The summed E-state index contributed by atoms with van der Waals surface area (Å²) in [6, 6.07) is 0. The van der Waals surface area contributed by atoms with Crippen LogP contribution in [0.4, 0.5) is 0 Å². The van der Waals surface area contributed by atoms with Crippen molar-refractivity contribution in [3.8, 4) is 0 Å². The Balaban J connectivity index is 2.19. The molecule has 0 aromatic carbocycles. The molecule has 0 aromatic rings. The maximum absolute atomic E-state index is 4.17. The zero-order valence-electron chi connectivity index (χ0n) is 9.72. The van der Waals surface area contributed by atoms with E-state index in [-0.39, 0.29) is 0 Å². The minimum absolute atomic E-state index is 0.460. The zero-order valence-corrected chi connectivity index (χ0v) is 9.72. The summed E-state index contributed by atoms with van der Waals surface area (Å²) < 4.78 is 0. The topological polar surface area (TPSA) is 0 Å². The van der Waals surface area contributed by atoms with Gasteiger partial charge in [-0.15, -0.1) is 6.58 Å². The Labute approximate surface area is 88.1 Å². The van der Waals surface area contributed by atoms with Crippen LogP contribution in [0.2, 0.25) is 0 Å². The fraction of sp³-hybridized carbons (Fsp3) is 0.714. The summed E-state index contributed by atoms with van der Waals surface area (Å²) in [7, 11) is 0. The number of hydrogen-bond acceptors (Lipinski definition) is 0. The van der Waals surface area contributed by atoms with Gasteiger partial charge in [0.15, 0.2) is 0 Å². The van der Waals surface area contributed by atoms with Gasteiger partial charge in [0.2, 0.25) is 0 Å². The van der Waals surface area contributed by atoms with Crippen molar-refractivity contribution in [2.75, 3.05) is 0 Å². The number of allylic oxidation sites excluding steroid dienone is 2. The lowest BCUT2D eigenvalue weighted by Crippen LogP contribution is -2.34. The number of fused-ring (bicyclic) bond motifs is 1. The second-order valence-corrected chi connectivity index (χ2v) is 6.16. The van der Waals surface area contributed by atoms with Gasteiger partial charge in [-0.05, 0) is 41.9 Å². The lowest BCUT2D eigenvalue weighted by Gasteiger charge is -2.42. The summed E-state index contributed by atoms with van der Waals surface area (Å²) in [4.78, 5) is 0. The van der Waals surface area contributed by atoms with E-state index in [1.54, 1.807) is 0 Å². The molecule has 0 aliphatic heterocycles. The third-order valence-corrected chi connectivity index (χ3v) is 4.35. The summed E-state index contributed by atoms with van der Waals surface area (Å²) in [6.07, 6.45) is 4.77. The minimum Gasteiger partial charge on any atom is -0.103 e. The maximum Gasteiger partial charge on any atom is -0.0109 e. The molecule has 2 aliphatic rings. The predicted molar refractivity (Wildman–Crippen MR) is 62.0 cm³/mol. The van der Waals surface area contributed by atoms with Gasteiger partial charge in [0.1, 0.15) is 0 Å². The van der Waals surface area contributed by atoms with E-state index >= 15 is 0 Å². The highest BCUT2D eigenvalue weighted by atomic mass is 14.6. The second kappa shape index (κ2) is 2.98. The largest absolute Gasteiger partial charge is 0.103 e. The third kappa shape index (κ3) is 1.27. The van der Waals surface area contributed by atoms with E-state index in [1.165, 1.54) is 18.4 Å². The molecule has 78 valence electrons. The van der Waals surface area contributed by atoms with Crippen molar-refractivity contribution >= 4 is 0 Å². The quantitative estimate of drug-likeness (QED) is 0.547. The van der Waals surface area contributed by atoms with Gasteiger partial charge in [0.25, 0.3) is 0 Å². The Kier molecular flexibility index (Phi) is 2.13. The summed E-state index contributed by atoms with van der Waals surface area (Å²) in [5.74, 6) is 3.27. The van der Waals surface area contributed by atoms with Gasteiger partial charge < -0.3 is 0 Å². The molecule has 0 nitrogen and oxygen atoms in total. The normalized spacial score (nSPS) is 41.8. The van der Waals surface area contributed by atoms with Crippen molar-refractivity contribution in [1.82, 2.24) is 0 Å². The first-order valence-electron chi connectivity index (χ1n) is 5.75. The van der Waals surface area contributed by atoms with Crippen LogP contribution in [0, 0.1) is 29.1 Å². The SMILES string of the molecule is C=CC1CC(C(C)(C)C)C2CC(=C)C12. The van der Waals surface area contributed by atoms with E-state index in [1.807, 2.05) is 0 Å². The lowest BCUT2D eigenvalue weighted by molar-refractivity contribution is 0.138. The van der Waals surface area contributed by atoms with E-state index < -0.39 is 0 Å². The molecule has 4 atom stereocenters. The molecule has 0 spiro atoms. The molecule has 0 saturated heterocycles. The molecule has 14 heavy (non-hydrogen) atoms. The molecule has 4 unspecified atom stereocenters. The van der Waals surface area contributed by atoms with Gasteiger partial charge in [0.05, 0.1) is 0 Å². The fourth-order valence-corrected chi connectivity index (χ4v) is 3.57. The van der Waals surface area contributed by atoms with Crippen LogP contribution in [-0.2, 0) is 0 Å². The van der Waals surface area contributed by atoms with Crippen molar-refractivity contribution < 1.29 is 0 Å². The van der Waals surface area contributed by atoms with Crippen molar-refractivity contribution in [3.63, 3.8) is 0 Å². The molecule has 0 aromatic heterocycles. The second-order valence-electron chi connectivity index (χ2n) is 6.16. The van der Waals surface area contributed by atoms with Gasteiger partial charge in [-0.3, -0.25) is 0 Å². The molecule has 0 bridgehead atoms. The number of rotatable bonds is 1. The smallest absolute Gasteiger partial charge is 0.0109 e. The zero-order chi connectivity index (χ0) is 10.5. The van der Waals surface area contributed by atoms with Crippen LogP contribution in [-0.4, -0.2) is 0 Å².